The van der Waals surface area contributed by atoms with Gasteiger partial charge in [-0.25, -0.2) is 4.39 Å². The first-order valence-electron chi connectivity index (χ1n) is 6.04. The first-order chi connectivity index (χ1) is 8.67. The van der Waals surface area contributed by atoms with Crippen molar-refractivity contribution >= 4 is 22.4 Å². The number of benzene rings is 2. The van der Waals surface area contributed by atoms with Gasteiger partial charge in [0.25, 0.3) is 0 Å². The molecule has 0 aromatic heterocycles. The molecule has 0 fully saturated rings. The van der Waals surface area contributed by atoms with Crippen molar-refractivity contribution < 1.29 is 4.39 Å². The van der Waals surface area contributed by atoms with E-state index in [2.05, 4.69) is 5.92 Å². The predicted octanol–water partition coefficient (Wildman–Crippen LogP) is 5.20. The van der Waals surface area contributed by atoms with E-state index >= 15 is 0 Å². The van der Waals surface area contributed by atoms with Gasteiger partial charge in [-0.15, -0.1) is 6.42 Å². The number of terminal acetylenes is 1. The Morgan fingerprint density at radius 3 is 2.50 bits per heavy atom. The summed E-state index contributed by atoms with van der Waals surface area (Å²) in [4.78, 5) is 0. The molecule has 0 N–H and O–H groups in total. The Bertz CT molecular complexity index is 594. The SMILES string of the molecule is C#Cc1c(F)ccc2cc(Cl)cc(CC)c12.CC. The molecule has 94 valence electrons. The van der Waals surface area contributed by atoms with Gasteiger partial charge in [0, 0.05) is 10.4 Å². The van der Waals surface area contributed by atoms with Gasteiger partial charge < -0.3 is 0 Å². The maximum absolute atomic E-state index is 13.6. The fourth-order valence-electron chi connectivity index (χ4n) is 1.91. The van der Waals surface area contributed by atoms with Gasteiger partial charge in [-0.1, -0.05) is 44.4 Å². The molecule has 2 heteroatoms. The lowest BCUT2D eigenvalue weighted by molar-refractivity contribution is 0.626. The Kier molecular flexibility index (Phi) is 5.19. The zero-order chi connectivity index (χ0) is 13.7. The summed E-state index contributed by atoms with van der Waals surface area (Å²) in [7, 11) is 0. The topological polar surface area (TPSA) is 0 Å². The zero-order valence-electron chi connectivity index (χ0n) is 10.8. The Balaban J connectivity index is 0.000000771. The Hall–Kier alpha value is -1.52. The van der Waals surface area contributed by atoms with Crippen LogP contribution in [0.1, 0.15) is 31.9 Å². The number of halogens is 2. The molecule has 0 aliphatic rings. The quantitative estimate of drug-likeness (QED) is 0.620. The fraction of sp³-hybridized carbons (Fsp3) is 0.250. The Morgan fingerprint density at radius 1 is 1.28 bits per heavy atom. The van der Waals surface area contributed by atoms with Gasteiger partial charge in [-0.05, 0) is 35.6 Å². The zero-order valence-corrected chi connectivity index (χ0v) is 11.6. The van der Waals surface area contributed by atoms with Crippen LogP contribution in [0.4, 0.5) is 4.39 Å². The average molecular weight is 263 g/mol. The van der Waals surface area contributed by atoms with Crippen LogP contribution in [0, 0.1) is 18.2 Å². The fourth-order valence-corrected chi connectivity index (χ4v) is 2.16. The van der Waals surface area contributed by atoms with Crippen molar-refractivity contribution in [2.75, 3.05) is 0 Å². The highest BCUT2D eigenvalue weighted by molar-refractivity contribution is 6.31. The molecule has 2 aromatic rings. The van der Waals surface area contributed by atoms with E-state index < -0.39 is 0 Å². The first kappa shape index (κ1) is 14.5. The smallest absolute Gasteiger partial charge is 0.139 e. The van der Waals surface area contributed by atoms with E-state index in [9.17, 15) is 4.39 Å². The van der Waals surface area contributed by atoms with Crippen LogP contribution < -0.4 is 0 Å². The van der Waals surface area contributed by atoms with E-state index in [1.807, 2.05) is 26.8 Å². The number of hydrogen-bond acceptors (Lipinski definition) is 0. The summed E-state index contributed by atoms with van der Waals surface area (Å²) in [5.41, 5.74) is 1.31. The summed E-state index contributed by atoms with van der Waals surface area (Å²) < 4.78 is 13.6. The monoisotopic (exact) mass is 262 g/mol. The molecule has 0 spiro atoms. The van der Waals surface area contributed by atoms with Crippen LogP contribution in [0.5, 0.6) is 0 Å². The van der Waals surface area contributed by atoms with Gasteiger partial charge in [0.05, 0.1) is 5.56 Å². The molecule has 0 bridgehead atoms. The molecule has 0 atom stereocenters. The molecule has 0 unspecified atom stereocenters. The van der Waals surface area contributed by atoms with E-state index in [4.69, 9.17) is 18.0 Å². The number of fused-ring (bicyclic) bond motifs is 1. The minimum absolute atomic E-state index is 0.325. The Morgan fingerprint density at radius 2 is 1.94 bits per heavy atom. The highest BCUT2D eigenvalue weighted by Crippen LogP contribution is 2.28. The lowest BCUT2D eigenvalue weighted by atomic mass is 9.97. The number of rotatable bonds is 1. The minimum Gasteiger partial charge on any atom is -0.206 e. The normalized spacial score (nSPS) is 9.56. The van der Waals surface area contributed by atoms with E-state index in [1.165, 1.54) is 6.07 Å². The molecule has 0 radical (unpaired) electrons. The molecule has 0 saturated carbocycles. The molecule has 0 nitrogen and oxygen atoms in total. The minimum atomic E-state index is -0.355. The van der Waals surface area contributed by atoms with E-state index in [-0.39, 0.29) is 5.82 Å². The second-order valence-corrected chi connectivity index (χ2v) is 4.02. The molecule has 0 aliphatic heterocycles. The van der Waals surface area contributed by atoms with E-state index in [0.717, 1.165) is 22.8 Å². The van der Waals surface area contributed by atoms with Gasteiger partial charge in [0.15, 0.2) is 0 Å². The second-order valence-electron chi connectivity index (χ2n) is 3.58. The molecule has 0 heterocycles. The maximum atomic E-state index is 13.6. The standard InChI is InChI=1S/C14H10ClF.C2H6/c1-3-9-7-11(15)8-10-5-6-13(16)12(4-2)14(9)10;1-2/h2,5-8H,3H2,1H3;1-2H3. The van der Waals surface area contributed by atoms with Gasteiger partial charge in [0.1, 0.15) is 5.82 Å². The van der Waals surface area contributed by atoms with Crippen molar-refractivity contribution in [3.05, 3.63) is 46.2 Å². The second kappa shape index (κ2) is 6.42. The van der Waals surface area contributed by atoms with Crippen LogP contribution in [-0.4, -0.2) is 0 Å². The molecule has 2 rings (SSSR count). The summed E-state index contributed by atoms with van der Waals surface area (Å²) >= 11 is 5.99. The van der Waals surface area contributed by atoms with Gasteiger partial charge in [-0.2, -0.15) is 0 Å². The van der Waals surface area contributed by atoms with E-state index in [0.29, 0.717) is 10.6 Å². The van der Waals surface area contributed by atoms with Crippen LogP contribution in [0.15, 0.2) is 24.3 Å². The third-order valence-electron chi connectivity index (χ3n) is 2.64. The van der Waals surface area contributed by atoms with E-state index in [1.54, 1.807) is 12.1 Å². The van der Waals surface area contributed by atoms with Crippen molar-refractivity contribution in [3.8, 4) is 12.3 Å². The van der Waals surface area contributed by atoms with Gasteiger partial charge in [0.2, 0.25) is 0 Å². The molecular weight excluding hydrogens is 247 g/mol. The lowest BCUT2D eigenvalue weighted by Crippen LogP contribution is -1.92. The summed E-state index contributed by atoms with van der Waals surface area (Å²) in [6, 6.07) is 6.73. The summed E-state index contributed by atoms with van der Waals surface area (Å²) in [6.07, 6.45) is 6.13. The number of aryl methyl sites for hydroxylation is 1. The molecule has 0 aliphatic carbocycles. The van der Waals surface area contributed by atoms with Crippen LogP contribution in [0.2, 0.25) is 5.02 Å². The Labute approximate surface area is 113 Å². The van der Waals surface area contributed by atoms with Crippen LogP contribution in [0.25, 0.3) is 10.8 Å². The van der Waals surface area contributed by atoms with Gasteiger partial charge in [-0.3, -0.25) is 0 Å². The number of hydrogen-bond donors (Lipinski definition) is 0. The molecule has 2 aromatic carbocycles. The highest BCUT2D eigenvalue weighted by atomic mass is 35.5. The van der Waals surface area contributed by atoms with Crippen molar-refractivity contribution in [2.24, 2.45) is 0 Å². The van der Waals surface area contributed by atoms with Crippen molar-refractivity contribution in [3.63, 3.8) is 0 Å². The highest BCUT2D eigenvalue weighted by Gasteiger charge is 2.09. The first-order valence-corrected chi connectivity index (χ1v) is 6.42. The summed E-state index contributed by atoms with van der Waals surface area (Å²) in [6.45, 7) is 6.00. The van der Waals surface area contributed by atoms with Crippen molar-refractivity contribution in [1.29, 1.82) is 0 Å². The third kappa shape index (κ3) is 2.66. The third-order valence-corrected chi connectivity index (χ3v) is 2.86. The van der Waals surface area contributed by atoms with Gasteiger partial charge >= 0.3 is 0 Å². The van der Waals surface area contributed by atoms with Crippen LogP contribution in [0.3, 0.4) is 0 Å². The van der Waals surface area contributed by atoms with Crippen molar-refractivity contribution in [2.45, 2.75) is 27.2 Å². The van der Waals surface area contributed by atoms with Crippen molar-refractivity contribution in [1.82, 2.24) is 0 Å². The summed E-state index contributed by atoms with van der Waals surface area (Å²) in [5.74, 6) is 2.06. The largest absolute Gasteiger partial charge is 0.206 e. The molecular formula is C16H16ClF. The molecule has 0 saturated heterocycles. The predicted molar refractivity (Wildman–Crippen MR) is 77.6 cm³/mol. The molecule has 0 amide bonds. The lowest BCUT2D eigenvalue weighted by Gasteiger charge is -2.08. The van der Waals surface area contributed by atoms with Crippen LogP contribution in [-0.2, 0) is 6.42 Å². The average Bonchev–Trinajstić information content (AvgIpc) is 2.40. The molecule has 18 heavy (non-hydrogen) atoms. The summed E-state index contributed by atoms with van der Waals surface area (Å²) in [5, 5.41) is 2.34. The van der Waals surface area contributed by atoms with Crippen LogP contribution >= 0.6 is 11.6 Å². The maximum Gasteiger partial charge on any atom is 0.139 e.